The summed E-state index contributed by atoms with van der Waals surface area (Å²) in [4.78, 5) is 27.7. The van der Waals surface area contributed by atoms with Gasteiger partial charge >= 0.3 is 0 Å². The van der Waals surface area contributed by atoms with Crippen LogP contribution < -0.4 is 10.1 Å². The summed E-state index contributed by atoms with van der Waals surface area (Å²) in [5.41, 5.74) is 2.29. The number of anilines is 1. The Morgan fingerprint density at radius 3 is 2.93 bits per heavy atom. The number of fused-ring (bicyclic) bond motifs is 3. The molecular formula is C20H20N2O4S. The number of ether oxygens (including phenoxy) is 2. The van der Waals surface area contributed by atoms with Crippen molar-refractivity contribution >= 4 is 28.8 Å². The number of benzene rings is 1. The Kier molecular flexibility index (Phi) is 3.94. The van der Waals surface area contributed by atoms with E-state index < -0.39 is 0 Å². The van der Waals surface area contributed by atoms with Gasteiger partial charge in [0.25, 0.3) is 11.8 Å². The highest BCUT2D eigenvalue weighted by Crippen LogP contribution is 2.43. The molecule has 0 aliphatic carbocycles. The van der Waals surface area contributed by atoms with Gasteiger partial charge in [-0.05, 0) is 48.1 Å². The minimum atomic E-state index is -0.229. The number of amides is 2. The summed E-state index contributed by atoms with van der Waals surface area (Å²) >= 11 is 1.81. The molecule has 3 aliphatic heterocycles. The summed E-state index contributed by atoms with van der Waals surface area (Å²) in [5.74, 6) is 0.366. The molecule has 2 aromatic rings. The number of hydrogen-bond donors (Lipinski definition) is 1. The summed E-state index contributed by atoms with van der Waals surface area (Å²) in [7, 11) is 0. The molecule has 1 spiro atoms. The predicted molar refractivity (Wildman–Crippen MR) is 101 cm³/mol. The van der Waals surface area contributed by atoms with Crippen LogP contribution >= 0.6 is 11.3 Å². The van der Waals surface area contributed by atoms with E-state index in [9.17, 15) is 9.59 Å². The van der Waals surface area contributed by atoms with Gasteiger partial charge in [0.05, 0.1) is 17.9 Å². The van der Waals surface area contributed by atoms with E-state index in [1.807, 2.05) is 4.90 Å². The summed E-state index contributed by atoms with van der Waals surface area (Å²) < 4.78 is 11.7. The van der Waals surface area contributed by atoms with E-state index in [1.165, 1.54) is 10.4 Å². The van der Waals surface area contributed by atoms with Gasteiger partial charge in [0, 0.05) is 30.0 Å². The Hall–Kier alpha value is -2.38. The fourth-order valence-electron chi connectivity index (χ4n) is 4.23. The van der Waals surface area contributed by atoms with Gasteiger partial charge in [-0.3, -0.25) is 9.59 Å². The highest BCUT2D eigenvalue weighted by Gasteiger charge is 2.42. The van der Waals surface area contributed by atoms with Crippen molar-refractivity contribution in [2.75, 3.05) is 31.6 Å². The van der Waals surface area contributed by atoms with Crippen molar-refractivity contribution in [2.24, 2.45) is 0 Å². The van der Waals surface area contributed by atoms with Crippen molar-refractivity contribution < 1.29 is 19.1 Å². The third kappa shape index (κ3) is 2.82. The highest BCUT2D eigenvalue weighted by molar-refractivity contribution is 7.10. The van der Waals surface area contributed by atoms with E-state index in [0.717, 1.165) is 25.9 Å². The topological polar surface area (TPSA) is 67.9 Å². The molecule has 5 rings (SSSR count). The van der Waals surface area contributed by atoms with Gasteiger partial charge in [0.2, 0.25) is 0 Å². The Balaban J connectivity index is 1.32. The van der Waals surface area contributed by atoms with Crippen LogP contribution in [0.25, 0.3) is 0 Å². The van der Waals surface area contributed by atoms with Crippen molar-refractivity contribution in [1.82, 2.24) is 4.90 Å². The first kappa shape index (κ1) is 16.8. The van der Waals surface area contributed by atoms with Crippen molar-refractivity contribution in [3.05, 3.63) is 45.6 Å². The molecule has 6 nitrogen and oxygen atoms in total. The van der Waals surface area contributed by atoms with Crippen LogP contribution in [0.2, 0.25) is 0 Å². The molecule has 1 saturated heterocycles. The Morgan fingerprint density at radius 1 is 1.22 bits per heavy atom. The minimum Gasteiger partial charge on any atom is -0.482 e. The Bertz CT molecular complexity index is 914. The molecule has 1 fully saturated rings. The fraction of sp³-hybridized carbons (Fsp3) is 0.400. The van der Waals surface area contributed by atoms with Gasteiger partial charge in [-0.15, -0.1) is 11.3 Å². The second-order valence-electron chi connectivity index (χ2n) is 7.19. The van der Waals surface area contributed by atoms with Crippen LogP contribution in [0, 0.1) is 0 Å². The van der Waals surface area contributed by atoms with E-state index in [-0.39, 0.29) is 24.0 Å². The van der Waals surface area contributed by atoms with E-state index in [4.69, 9.17) is 9.47 Å². The molecule has 0 saturated carbocycles. The van der Waals surface area contributed by atoms with Gasteiger partial charge in [-0.1, -0.05) is 0 Å². The lowest BCUT2D eigenvalue weighted by Gasteiger charge is -2.44. The largest absolute Gasteiger partial charge is 0.482 e. The van der Waals surface area contributed by atoms with Crippen LogP contribution in [0.5, 0.6) is 5.75 Å². The molecule has 1 aromatic carbocycles. The first-order chi connectivity index (χ1) is 13.1. The normalized spacial score (nSPS) is 20.4. The number of thiophene rings is 1. The molecule has 1 N–H and O–H groups in total. The van der Waals surface area contributed by atoms with Gasteiger partial charge in [0.15, 0.2) is 6.61 Å². The minimum absolute atomic E-state index is 0.00509. The molecule has 0 radical (unpaired) electrons. The Labute approximate surface area is 161 Å². The van der Waals surface area contributed by atoms with Crippen LogP contribution in [0.15, 0.2) is 29.6 Å². The molecule has 27 heavy (non-hydrogen) atoms. The summed E-state index contributed by atoms with van der Waals surface area (Å²) in [6, 6.07) is 7.38. The maximum atomic E-state index is 13.0. The summed E-state index contributed by atoms with van der Waals surface area (Å²) in [6.45, 7) is 2.08. The average molecular weight is 384 g/mol. The van der Waals surface area contributed by atoms with E-state index in [1.54, 1.807) is 29.5 Å². The number of carbonyl (C=O) groups is 2. The number of rotatable bonds is 1. The average Bonchev–Trinajstić information content (AvgIpc) is 3.18. The lowest BCUT2D eigenvalue weighted by Crippen LogP contribution is -2.48. The molecule has 3 aliphatic rings. The van der Waals surface area contributed by atoms with Crippen LogP contribution in [-0.4, -0.2) is 43.0 Å². The maximum absolute atomic E-state index is 13.0. The first-order valence-electron chi connectivity index (χ1n) is 9.21. The third-order valence-electron chi connectivity index (χ3n) is 5.66. The first-order valence-corrected chi connectivity index (χ1v) is 10.1. The van der Waals surface area contributed by atoms with Crippen molar-refractivity contribution in [3.63, 3.8) is 0 Å². The standard InChI is InChI=1S/C20H20N2O4S/c23-18-12-25-16-11-13(1-2-15(16)21-18)19(24)22-7-5-20(6-8-22)14-4-10-27-17(14)3-9-26-20/h1-2,4,10-11H,3,5-9,12H2,(H,21,23). The number of carbonyl (C=O) groups excluding carboxylic acids is 2. The molecular weight excluding hydrogens is 364 g/mol. The maximum Gasteiger partial charge on any atom is 0.262 e. The van der Waals surface area contributed by atoms with Crippen LogP contribution in [-0.2, 0) is 21.6 Å². The molecule has 2 amide bonds. The quantitative estimate of drug-likeness (QED) is 0.821. The van der Waals surface area contributed by atoms with Gasteiger partial charge in [-0.25, -0.2) is 0 Å². The lowest BCUT2D eigenvalue weighted by molar-refractivity contribution is -0.118. The third-order valence-corrected chi connectivity index (χ3v) is 6.64. The van der Waals surface area contributed by atoms with Crippen molar-refractivity contribution in [1.29, 1.82) is 0 Å². The highest BCUT2D eigenvalue weighted by atomic mass is 32.1. The van der Waals surface area contributed by atoms with E-state index >= 15 is 0 Å². The monoisotopic (exact) mass is 384 g/mol. The molecule has 140 valence electrons. The fourth-order valence-corrected chi connectivity index (χ4v) is 5.18. The van der Waals surface area contributed by atoms with Crippen molar-refractivity contribution in [2.45, 2.75) is 24.9 Å². The second kappa shape index (κ2) is 6.35. The zero-order valence-corrected chi connectivity index (χ0v) is 15.6. The lowest BCUT2D eigenvalue weighted by atomic mass is 9.82. The van der Waals surface area contributed by atoms with Crippen LogP contribution in [0.4, 0.5) is 5.69 Å². The molecule has 4 heterocycles. The Morgan fingerprint density at radius 2 is 2.07 bits per heavy atom. The molecule has 0 unspecified atom stereocenters. The molecule has 1 aromatic heterocycles. The predicted octanol–water partition coefficient (Wildman–Crippen LogP) is 2.78. The second-order valence-corrected chi connectivity index (χ2v) is 8.19. The molecule has 0 atom stereocenters. The number of nitrogens with one attached hydrogen (secondary N) is 1. The SMILES string of the molecule is O=C1COc2cc(C(=O)N3CCC4(CC3)OCCc3sccc34)ccc2N1. The molecule has 7 heteroatoms. The van der Waals surface area contributed by atoms with E-state index in [0.29, 0.717) is 30.1 Å². The summed E-state index contributed by atoms with van der Waals surface area (Å²) in [6.07, 6.45) is 2.63. The zero-order chi connectivity index (χ0) is 18.4. The molecule has 0 bridgehead atoms. The van der Waals surface area contributed by atoms with Gasteiger partial charge in [0.1, 0.15) is 5.75 Å². The number of nitrogens with zero attached hydrogens (tertiary/aromatic N) is 1. The van der Waals surface area contributed by atoms with Crippen molar-refractivity contribution in [3.8, 4) is 5.75 Å². The number of likely N-dealkylation sites (tertiary alicyclic amines) is 1. The van der Waals surface area contributed by atoms with Crippen LogP contribution in [0.3, 0.4) is 0 Å². The van der Waals surface area contributed by atoms with Crippen LogP contribution in [0.1, 0.15) is 33.6 Å². The number of piperidine rings is 1. The van der Waals surface area contributed by atoms with Gasteiger partial charge < -0.3 is 19.7 Å². The smallest absolute Gasteiger partial charge is 0.262 e. The van der Waals surface area contributed by atoms with Gasteiger partial charge in [-0.2, -0.15) is 0 Å². The zero-order valence-electron chi connectivity index (χ0n) is 14.8. The van der Waals surface area contributed by atoms with E-state index in [2.05, 4.69) is 16.8 Å². The number of hydrogen-bond acceptors (Lipinski definition) is 5. The summed E-state index contributed by atoms with van der Waals surface area (Å²) in [5, 5.41) is 4.89.